The van der Waals surface area contributed by atoms with Crippen molar-refractivity contribution in [3.05, 3.63) is 36.5 Å². The Balaban J connectivity index is -0.000000219. The fourth-order valence-corrected chi connectivity index (χ4v) is 1.96. The topological polar surface area (TPSA) is 133 Å². The first kappa shape index (κ1) is 40.0. The van der Waals surface area contributed by atoms with Crippen LogP contribution in [0.25, 0.3) is 0 Å². The number of esters is 2. The number of ether oxygens (including phenoxy) is 2. The molecule has 0 aromatic rings. The quantitative estimate of drug-likeness (QED) is 0.163. The van der Waals surface area contributed by atoms with E-state index in [2.05, 4.69) is 19.7 Å². The maximum atomic E-state index is 11.0. The van der Waals surface area contributed by atoms with Gasteiger partial charge < -0.3 is 51.0 Å². The van der Waals surface area contributed by atoms with Crippen LogP contribution in [0.3, 0.4) is 0 Å². The molecule has 206 valence electrons. The van der Waals surface area contributed by atoms with Crippen LogP contribution in [0.4, 0.5) is 0 Å². The highest BCUT2D eigenvalue weighted by molar-refractivity contribution is 5.87. The molecule has 0 bridgehead atoms. The lowest BCUT2D eigenvalue weighted by molar-refractivity contribution is -0.873. The first-order valence-corrected chi connectivity index (χ1v) is 10.6. The van der Waals surface area contributed by atoms with Gasteiger partial charge >= 0.3 is 11.9 Å². The van der Waals surface area contributed by atoms with E-state index < -0.39 is 30.1 Å². The van der Waals surface area contributed by atoms with E-state index in [1.54, 1.807) is 13.8 Å². The molecule has 0 aromatic carbocycles. The van der Waals surface area contributed by atoms with E-state index in [0.717, 1.165) is 0 Å². The third kappa shape index (κ3) is 31.8. The molecule has 0 spiro atoms. The molecule has 0 aromatic heterocycles. The lowest BCUT2D eigenvalue weighted by Crippen LogP contribution is -3.00. The molecule has 35 heavy (non-hydrogen) atoms. The summed E-state index contributed by atoms with van der Waals surface area (Å²) in [5.74, 6) is -2.09. The number of carbonyl (C=O) groups is 3. The van der Waals surface area contributed by atoms with Gasteiger partial charge in [-0.15, -0.1) is 0 Å². The third-order valence-electron chi connectivity index (χ3n) is 3.38. The van der Waals surface area contributed by atoms with Gasteiger partial charge in [-0.2, -0.15) is 0 Å². The predicted molar refractivity (Wildman–Crippen MR) is 129 cm³/mol. The molecule has 0 amide bonds. The number of carboxylic acid groups (broad SMARTS) is 1. The second-order valence-electron chi connectivity index (χ2n) is 10.1. The number of aliphatic hydroxyl groups excluding tert-OH is 2. The Kier molecular flexibility index (Phi) is 21.7. The zero-order valence-electron chi connectivity index (χ0n) is 22.7. The van der Waals surface area contributed by atoms with Crippen molar-refractivity contribution in [3.8, 4) is 0 Å². The fourth-order valence-electron chi connectivity index (χ4n) is 1.96. The molecule has 10 nitrogen and oxygen atoms in total. The summed E-state index contributed by atoms with van der Waals surface area (Å²) in [6.07, 6.45) is -1.25. The molecule has 0 fully saturated rings. The molecule has 0 saturated heterocycles. The van der Waals surface area contributed by atoms with Gasteiger partial charge in [0, 0.05) is 11.1 Å². The summed E-state index contributed by atoms with van der Waals surface area (Å²) in [7, 11) is 11.8. The van der Waals surface area contributed by atoms with Gasteiger partial charge in [-0.1, -0.05) is 19.7 Å². The van der Waals surface area contributed by atoms with E-state index in [1.165, 1.54) is 6.92 Å². The van der Waals surface area contributed by atoms with Crippen molar-refractivity contribution in [2.24, 2.45) is 0 Å². The van der Waals surface area contributed by atoms with E-state index in [4.69, 9.17) is 9.47 Å². The largest absolute Gasteiger partial charge is 1.00 e. The van der Waals surface area contributed by atoms with Crippen molar-refractivity contribution < 1.29 is 60.6 Å². The molecule has 0 aliphatic heterocycles. The summed E-state index contributed by atoms with van der Waals surface area (Å²) in [5, 5.41) is 28.5. The van der Waals surface area contributed by atoms with Gasteiger partial charge in [-0.05, 0) is 26.3 Å². The number of aliphatic carboxylic acids is 1. The average molecular weight is 525 g/mol. The van der Waals surface area contributed by atoms with Crippen molar-refractivity contribution in [1.82, 2.24) is 0 Å². The van der Waals surface area contributed by atoms with Gasteiger partial charge in [0.25, 0.3) is 0 Å². The van der Waals surface area contributed by atoms with E-state index in [1.807, 2.05) is 42.3 Å². The van der Waals surface area contributed by atoms with Crippen molar-refractivity contribution in [3.63, 3.8) is 0 Å². The molecule has 2 atom stereocenters. The van der Waals surface area contributed by atoms with Gasteiger partial charge in [-0.25, -0.2) is 9.59 Å². The van der Waals surface area contributed by atoms with Crippen molar-refractivity contribution in [1.29, 1.82) is 0 Å². The number of carbonyl (C=O) groups excluding carboxylic acids is 3. The summed E-state index contributed by atoms with van der Waals surface area (Å²) in [5.41, 5.74) is 0.764. The normalized spacial score (nSPS) is 12.1. The Bertz CT molecular complexity index is 649. The molecule has 0 aliphatic rings. The minimum Gasteiger partial charge on any atom is -1.00 e. The standard InChI is InChI=1S/2C10H20NO3.C4H6O2.ClH/c2*1-8(2)10(13)14-7-9(12)6-11(3,4)5;1-3(2)4(5)6;/h2*9,12H,1,6-7H2,2-5H3;1H2,2H3,(H,5,6);1H/q2*+1;;/p-2. The number of hydrogen-bond donors (Lipinski definition) is 2. The summed E-state index contributed by atoms with van der Waals surface area (Å²) < 4.78 is 10.9. The number of quaternary nitrogens is 2. The summed E-state index contributed by atoms with van der Waals surface area (Å²) in [6, 6.07) is 0. The molecular weight excluding hydrogens is 480 g/mol. The van der Waals surface area contributed by atoms with Gasteiger partial charge in [0.1, 0.15) is 38.5 Å². The van der Waals surface area contributed by atoms with Crippen LogP contribution in [0.2, 0.25) is 0 Å². The second kappa shape index (κ2) is 19.0. The Morgan fingerprint density at radius 1 is 0.714 bits per heavy atom. The number of carboxylic acids is 1. The minimum atomic E-state index is -1.19. The number of nitrogens with zero attached hydrogens (tertiary/aromatic N) is 2. The monoisotopic (exact) mass is 524 g/mol. The smallest absolute Gasteiger partial charge is 0.333 e. The van der Waals surface area contributed by atoms with Crippen LogP contribution >= 0.6 is 0 Å². The van der Waals surface area contributed by atoms with Crippen LogP contribution < -0.4 is 17.5 Å². The molecule has 0 saturated carbocycles. The van der Waals surface area contributed by atoms with Crippen LogP contribution in [0.1, 0.15) is 20.8 Å². The van der Waals surface area contributed by atoms with Crippen molar-refractivity contribution >= 4 is 17.9 Å². The lowest BCUT2D eigenvalue weighted by Gasteiger charge is -2.26. The van der Waals surface area contributed by atoms with Gasteiger partial charge in [0.05, 0.1) is 48.3 Å². The van der Waals surface area contributed by atoms with Crippen molar-refractivity contribution in [2.75, 3.05) is 68.6 Å². The van der Waals surface area contributed by atoms with Crippen LogP contribution in [0.15, 0.2) is 36.5 Å². The zero-order chi connectivity index (χ0) is 27.9. The number of likely N-dealkylation sites (N-methyl/N-ethyl adjacent to an activating group) is 2. The summed E-state index contributed by atoms with van der Waals surface area (Å²) in [4.78, 5) is 31.4. The van der Waals surface area contributed by atoms with Gasteiger partial charge in [-0.3, -0.25) is 0 Å². The second-order valence-corrected chi connectivity index (χ2v) is 10.1. The lowest BCUT2D eigenvalue weighted by atomic mass is 10.3. The van der Waals surface area contributed by atoms with Gasteiger partial charge in [0.15, 0.2) is 0 Å². The molecule has 0 aliphatic carbocycles. The van der Waals surface area contributed by atoms with Gasteiger partial charge in [0.2, 0.25) is 0 Å². The maximum Gasteiger partial charge on any atom is 0.333 e. The highest BCUT2D eigenvalue weighted by atomic mass is 35.5. The Morgan fingerprint density at radius 3 is 1.09 bits per heavy atom. The van der Waals surface area contributed by atoms with Crippen LogP contribution in [-0.4, -0.2) is 118 Å². The zero-order valence-corrected chi connectivity index (χ0v) is 23.5. The molecule has 0 heterocycles. The number of halogens is 1. The van der Waals surface area contributed by atoms with E-state index in [-0.39, 0.29) is 31.2 Å². The van der Waals surface area contributed by atoms with Crippen LogP contribution in [0.5, 0.6) is 0 Å². The van der Waals surface area contributed by atoms with Crippen molar-refractivity contribution in [2.45, 2.75) is 33.0 Å². The Hall–Kier alpha value is -2.24. The maximum absolute atomic E-state index is 11.0. The highest BCUT2D eigenvalue weighted by Crippen LogP contribution is 1.99. The first-order valence-electron chi connectivity index (χ1n) is 10.6. The molecule has 0 rings (SSSR count). The van der Waals surface area contributed by atoms with Crippen LogP contribution in [-0.2, 0) is 23.9 Å². The Labute approximate surface area is 216 Å². The molecule has 11 heteroatoms. The molecular formula is C24H45ClN2O8. The number of hydrogen-bond acceptors (Lipinski definition) is 8. The first-order chi connectivity index (χ1) is 15.1. The molecule has 2 N–H and O–H groups in total. The van der Waals surface area contributed by atoms with E-state index >= 15 is 0 Å². The van der Waals surface area contributed by atoms with E-state index in [0.29, 0.717) is 33.2 Å². The van der Waals surface area contributed by atoms with E-state index in [9.17, 15) is 29.7 Å². The predicted octanol–water partition coefficient (Wildman–Crippen LogP) is -3.34. The average Bonchev–Trinajstić information content (AvgIpc) is 2.62. The highest BCUT2D eigenvalue weighted by Gasteiger charge is 2.18. The summed E-state index contributed by atoms with van der Waals surface area (Å²) in [6.45, 7) is 15.7. The number of aliphatic hydroxyl groups is 2. The van der Waals surface area contributed by atoms with Crippen LogP contribution in [0, 0.1) is 0 Å². The fraction of sp³-hybridized carbons (Fsp3) is 0.625. The molecule has 0 radical (unpaired) electrons. The SMILES string of the molecule is C=C(C)C(=O)OCC(O)C[N+](C)(C)C.C=C(C)C(=O)OCC(O)C[N+](C)(C)C.C=C(C)C(=O)[O-].[Cl-]. The minimum absolute atomic E-state index is 0. The third-order valence-corrected chi connectivity index (χ3v) is 3.38. The molecule has 2 unspecified atom stereocenters. The summed E-state index contributed by atoms with van der Waals surface area (Å²) >= 11 is 0. The Morgan fingerprint density at radius 2 is 0.943 bits per heavy atom. The number of rotatable bonds is 11.